The van der Waals surface area contributed by atoms with Gasteiger partial charge in [-0.15, -0.1) is 0 Å². The van der Waals surface area contributed by atoms with Crippen LogP contribution in [0.5, 0.6) is 0 Å². The number of rotatable bonds is 4. The quantitative estimate of drug-likeness (QED) is 0.753. The lowest BCUT2D eigenvalue weighted by molar-refractivity contribution is -0.121. The predicted octanol–water partition coefficient (Wildman–Crippen LogP) is 2.77. The maximum Gasteiger partial charge on any atom is 0.253 e. The molecule has 1 N–H and O–H groups in total. The maximum atomic E-state index is 13.0. The molecule has 164 valence electrons. The van der Waals surface area contributed by atoms with Crippen molar-refractivity contribution >= 4 is 44.9 Å². The molecule has 8 nitrogen and oxygen atoms in total. The molecule has 0 bridgehead atoms. The van der Waals surface area contributed by atoms with E-state index in [1.54, 1.807) is 41.3 Å². The van der Waals surface area contributed by atoms with Gasteiger partial charge in [0.25, 0.3) is 5.91 Å². The normalized spacial score (nSPS) is 20.5. The molecule has 3 heterocycles. The van der Waals surface area contributed by atoms with Crippen LogP contribution in [0.15, 0.2) is 42.6 Å². The van der Waals surface area contributed by atoms with E-state index in [-0.39, 0.29) is 23.5 Å². The second-order valence-electron chi connectivity index (χ2n) is 7.73. The topological polar surface area (TPSA) is 99.7 Å². The standard InChI is InChI=1S/C21H23ClN4O4S/c22-17-6-9-19(23-13-17)24-20(27)16-3-1-10-25(14-16)21(28)15-4-7-18(8-5-15)26-11-2-12-31(26,29)30/h4-9,13,16H,1-3,10-12,14H2,(H,23,24,27). The van der Waals surface area contributed by atoms with E-state index in [9.17, 15) is 18.0 Å². The number of aromatic nitrogens is 1. The van der Waals surface area contributed by atoms with Crippen LogP contribution in [0.25, 0.3) is 0 Å². The van der Waals surface area contributed by atoms with Crippen molar-refractivity contribution < 1.29 is 18.0 Å². The van der Waals surface area contributed by atoms with Crippen molar-refractivity contribution in [1.29, 1.82) is 0 Å². The Morgan fingerprint density at radius 2 is 1.84 bits per heavy atom. The van der Waals surface area contributed by atoms with E-state index in [0.717, 1.165) is 6.42 Å². The molecule has 31 heavy (non-hydrogen) atoms. The number of nitrogens with one attached hydrogen (secondary N) is 1. The second kappa shape index (κ2) is 8.84. The molecule has 2 aliphatic heterocycles. The fourth-order valence-electron chi connectivity index (χ4n) is 3.94. The highest BCUT2D eigenvalue weighted by Crippen LogP contribution is 2.25. The number of nitrogens with zero attached hydrogens (tertiary/aromatic N) is 3. The molecule has 0 aliphatic carbocycles. The van der Waals surface area contributed by atoms with Gasteiger partial charge in [-0.3, -0.25) is 13.9 Å². The van der Waals surface area contributed by atoms with Crippen LogP contribution in [0, 0.1) is 5.92 Å². The first-order chi connectivity index (χ1) is 14.8. The van der Waals surface area contributed by atoms with Crippen LogP contribution < -0.4 is 9.62 Å². The van der Waals surface area contributed by atoms with Crippen molar-refractivity contribution in [3.63, 3.8) is 0 Å². The number of benzene rings is 1. The largest absolute Gasteiger partial charge is 0.338 e. The number of likely N-dealkylation sites (tertiary alicyclic amines) is 1. The zero-order valence-corrected chi connectivity index (χ0v) is 18.4. The van der Waals surface area contributed by atoms with Gasteiger partial charge in [0.2, 0.25) is 15.9 Å². The maximum absolute atomic E-state index is 13.0. The molecule has 2 saturated heterocycles. The number of anilines is 2. The summed E-state index contributed by atoms with van der Waals surface area (Å²) in [6.45, 7) is 1.35. The summed E-state index contributed by atoms with van der Waals surface area (Å²) in [5.41, 5.74) is 1.04. The van der Waals surface area contributed by atoms with Crippen molar-refractivity contribution in [2.75, 3.05) is 35.0 Å². The number of hydrogen-bond acceptors (Lipinski definition) is 5. The molecule has 0 spiro atoms. The molecular weight excluding hydrogens is 440 g/mol. The summed E-state index contributed by atoms with van der Waals surface area (Å²) in [4.78, 5) is 31.3. The Morgan fingerprint density at radius 3 is 2.48 bits per heavy atom. The van der Waals surface area contributed by atoms with Gasteiger partial charge < -0.3 is 10.2 Å². The summed E-state index contributed by atoms with van der Waals surface area (Å²) >= 11 is 5.82. The number of hydrogen-bond donors (Lipinski definition) is 1. The lowest BCUT2D eigenvalue weighted by atomic mass is 9.96. The molecule has 1 aromatic heterocycles. The van der Waals surface area contributed by atoms with Crippen LogP contribution in [0.3, 0.4) is 0 Å². The predicted molar refractivity (Wildman–Crippen MR) is 119 cm³/mol. The first-order valence-corrected chi connectivity index (χ1v) is 12.1. The van der Waals surface area contributed by atoms with Crippen molar-refractivity contribution in [1.82, 2.24) is 9.88 Å². The van der Waals surface area contributed by atoms with Crippen molar-refractivity contribution in [3.05, 3.63) is 53.2 Å². The van der Waals surface area contributed by atoms with Gasteiger partial charge >= 0.3 is 0 Å². The third-order valence-corrected chi connectivity index (χ3v) is 7.65. The summed E-state index contributed by atoms with van der Waals surface area (Å²) in [5, 5.41) is 3.26. The van der Waals surface area contributed by atoms with Gasteiger partial charge in [-0.25, -0.2) is 13.4 Å². The monoisotopic (exact) mass is 462 g/mol. The van der Waals surface area contributed by atoms with Gasteiger partial charge in [0, 0.05) is 31.4 Å². The molecule has 1 unspecified atom stereocenters. The van der Waals surface area contributed by atoms with Crippen LogP contribution in [0.2, 0.25) is 5.02 Å². The molecule has 4 rings (SSSR count). The summed E-state index contributed by atoms with van der Waals surface area (Å²) in [6.07, 6.45) is 3.48. The van der Waals surface area contributed by atoms with Crippen molar-refractivity contribution in [2.24, 2.45) is 5.92 Å². The first kappa shape index (κ1) is 21.6. The molecule has 2 fully saturated rings. The number of piperidine rings is 1. The Labute approximate surface area is 186 Å². The highest BCUT2D eigenvalue weighted by molar-refractivity contribution is 7.93. The summed E-state index contributed by atoms with van der Waals surface area (Å²) in [6, 6.07) is 9.90. The third kappa shape index (κ3) is 4.83. The second-order valence-corrected chi connectivity index (χ2v) is 10.2. The lowest BCUT2D eigenvalue weighted by Gasteiger charge is -2.32. The van der Waals surface area contributed by atoms with E-state index in [2.05, 4.69) is 10.3 Å². The molecule has 1 atom stereocenters. The van der Waals surface area contributed by atoms with Crippen LogP contribution in [0.1, 0.15) is 29.6 Å². The van der Waals surface area contributed by atoms with Crippen LogP contribution in [-0.2, 0) is 14.8 Å². The Balaban J connectivity index is 1.40. The minimum atomic E-state index is -3.26. The molecule has 2 amide bonds. The number of carbonyl (C=O) groups is 2. The van der Waals surface area contributed by atoms with Crippen molar-refractivity contribution in [3.8, 4) is 0 Å². The fourth-order valence-corrected chi connectivity index (χ4v) is 5.61. The average molecular weight is 463 g/mol. The summed E-state index contributed by atoms with van der Waals surface area (Å²) in [5.74, 6) is -0.106. The molecule has 2 aliphatic rings. The van der Waals surface area contributed by atoms with Gasteiger partial charge in [-0.1, -0.05) is 11.6 Å². The smallest absolute Gasteiger partial charge is 0.253 e. The number of carbonyl (C=O) groups excluding carboxylic acids is 2. The first-order valence-electron chi connectivity index (χ1n) is 10.2. The van der Waals surface area contributed by atoms with E-state index in [1.807, 2.05) is 0 Å². The minimum absolute atomic E-state index is 0.149. The lowest BCUT2D eigenvalue weighted by Crippen LogP contribution is -2.43. The number of sulfonamides is 1. The van der Waals surface area contributed by atoms with Crippen LogP contribution in [0.4, 0.5) is 11.5 Å². The fraction of sp³-hybridized carbons (Fsp3) is 0.381. The van der Waals surface area contributed by atoms with E-state index < -0.39 is 10.0 Å². The summed E-state index contributed by atoms with van der Waals surface area (Å²) < 4.78 is 25.5. The van der Waals surface area contributed by atoms with E-state index in [0.29, 0.717) is 54.6 Å². The molecular formula is C21H23ClN4O4S. The Kier molecular flexibility index (Phi) is 6.15. The summed E-state index contributed by atoms with van der Waals surface area (Å²) in [7, 11) is -3.26. The van der Waals surface area contributed by atoms with Crippen molar-refractivity contribution in [2.45, 2.75) is 19.3 Å². The molecule has 0 saturated carbocycles. The van der Waals surface area contributed by atoms with E-state index in [1.165, 1.54) is 10.5 Å². The molecule has 0 radical (unpaired) electrons. The van der Waals surface area contributed by atoms with Gasteiger partial charge in [0.05, 0.1) is 22.4 Å². The number of halogens is 1. The Hall–Kier alpha value is -2.65. The minimum Gasteiger partial charge on any atom is -0.338 e. The van der Waals surface area contributed by atoms with E-state index >= 15 is 0 Å². The number of pyridine rings is 1. The van der Waals surface area contributed by atoms with Gasteiger partial charge in [0.1, 0.15) is 5.82 Å². The van der Waals surface area contributed by atoms with Crippen LogP contribution >= 0.6 is 11.6 Å². The molecule has 1 aromatic carbocycles. The molecule has 10 heteroatoms. The highest BCUT2D eigenvalue weighted by atomic mass is 35.5. The van der Waals surface area contributed by atoms with E-state index in [4.69, 9.17) is 11.6 Å². The van der Waals surface area contributed by atoms with Gasteiger partial charge in [-0.2, -0.15) is 0 Å². The average Bonchev–Trinajstić information content (AvgIpc) is 3.14. The zero-order valence-electron chi connectivity index (χ0n) is 16.8. The molecule has 2 aromatic rings. The van der Waals surface area contributed by atoms with Gasteiger partial charge in [0.15, 0.2) is 0 Å². The number of amides is 2. The van der Waals surface area contributed by atoms with Gasteiger partial charge in [-0.05, 0) is 55.7 Å². The SMILES string of the molecule is O=C(Nc1ccc(Cl)cn1)C1CCCN(C(=O)c2ccc(N3CCCS3(=O)=O)cc2)C1. The third-order valence-electron chi connectivity index (χ3n) is 5.56. The highest BCUT2D eigenvalue weighted by Gasteiger charge is 2.30. The Morgan fingerprint density at radius 1 is 1.06 bits per heavy atom. The van der Waals surface area contributed by atoms with Crippen LogP contribution in [-0.4, -0.2) is 55.5 Å². The zero-order chi connectivity index (χ0) is 22.0. The Bertz CT molecular complexity index is 1070.